The van der Waals surface area contributed by atoms with Crippen LogP contribution in [0.15, 0.2) is 16.6 Å². The lowest BCUT2D eigenvalue weighted by atomic mass is 9.85. The monoisotopic (exact) mass is 351 g/mol. The summed E-state index contributed by atoms with van der Waals surface area (Å²) >= 11 is 9.35. The fourth-order valence-electron chi connectivity index (χ4n) is 2.28. The number of nitrogens with one attached hydrogen (secondary N) is 1. The Morgan fingerprint density at radius 3 is 2.84 bits per heavy atom. The van der Waals surface area contributed by atoms with Crippen LogP contribution in [0.5, 0.6) is 0 Å². The van der Waals surface area contributed by atoms with E-state index in [9.17, 15) is 4.39 Å². The molecule has 3 unspecified atom stereocenters. The molecule has 0 aliphatic heterocycles. The van der Waals surface area contributed by atoms with E-state index in [0.29, 0.717) is 21.8 Å². The van der Waals surface area contributed by atoms with Crippen LogP contribution in [0.25, 0.3) is 0 Å². The Morgan fingerprint density at radius 1 is 1.53 bits per heavy atom. The number of benzene rings is 1. The van der Waals surface area contributed by atoms with Gasteiger partial charge in [-0.15, -0.1) is 0 Å². The first-order valence-electron chi connectivity index (χ1n) is 6.12. The van der Waals surface area contributed by atoms with Crippen molar-refractivity contribution in [1.29, 1.82) is 0 Å². The highest BCUT2D eigenvalue weighted by molar-refractivity contribution is 9.10. The fourth-order valence-corrected chi connectivity index (χ4v) is 3.20. The summed E-state index contributed by atoms with van der Waals surface area (Å²) in [6, 6.07) is 2.78. The standard InChI is InChI=1S/C13H16BrClFNO2/c1-3-19-11-6-10(13(11)18-2)17-12-8(14)4-7(16)5-9(12)15/h4-5,10-11,13,17H,3,6H2,1-2H3. The highest BCUT2D eigenvalue weighted by Gasteiger charge is 2.42. The Morgan fingerprint density at radius 2 is 2.26 bits per heavy atom. The van der Waals surface area contributed by atoms with Gasteiger partial charge < -0.3 is 14.8 Å². The summed E-state index contributed by atoms with van der Waals surface area (Å²) in [4.78, 5) is 0. The minimum Gasteiger partial charge on any atom is -0.377 e. The number of hydrogen-bond donors (Lipinski definition) is 1. The lowest BCUT2D eigenvalue weighted by Crippen LogP contribution is -2.56. The fraction of sp³-hybridized carbons (Fsp3) is 0.538. The third kappa shape index (κ3) is 3.21. The van der Waals surface area contributed by atoms with E-state index in [2.05, 4.69) is 21.2 Å². The van der Waals surface area contributed by atoms with E-state index in [0.717, 1.165) is 6.42 Å². The maximum atomic E-state index is 13.2. The van der Waals surface area contributed by atoms with Crippen LogP contribution in [-0.2, 0) is 9.47 Å². The number of methoxy groups -OCH3 is 1. The molecule has 1 saturated carbocycles. The predicted molar refractivity (Wildman–Crippen MR) is 77.3 cm³/mol. The van der Waals surface area contributed by atoms with Gasteiger partial charge in [-0.1, -0.05) is 11.6 Å². The zero-order valence-electron chi connectivity index (χ0n) is 10.8. The van der Waals surface area contributed by atoms with Crippen molar-refractivity contribution < 1.29 is 13.9 Å². The predicted octanol–water partition coefficient (Wildman–Crippen LogP) is 3.85. The summed E-state index contributed by atoms with van der Waals surface area (Å²) < 4.78 is 24.7. The van der Waals surface area contributed by atoms with Crippen molar-refractivity contribution in [2.24, 2.45) is 0 Å². The highest BCUT2D eigenvalue weighted by Crippen LogP contribution is 2.36. The topological polar surface area (TPSA) is 30.5 Å². The average Bonchev–Trinajstić information content (AvgIpc) is 2.31. The van der Waals surface area contributed by atoms with Crippen LogP contribution in [0.3, 0.4) is 0 Å². The summed E-state index contributed by atoms with van der Waals surface area (Å²) in [6.07, 6.45) is 0.922. The van der Waals surface area contributed by atoms with Crippen molar-refractivity contribution in [3.63, 3.8) is 0 Å². The van der Waals surface area contributed by atoms with Crippen molar-refractivity contribution in [1.82, 2.24) is 0 Å². The van der Waals surface area contributed by atoms with Crippen molar-refractivity contribution in [3.8, 4) is 0 Å². The molecule has 0 amide bonds. The van der Waals surface area contributed by atoms with Gasteiger partial charge in [0.25, 0.3) is 0 Å². The molecule has 1 aliphatic carbocycles. The van der Waals surface area contributed by atoms with Crippen LogP contribution in [0, 0.1) is 5.82 Å². The van der Waals surface area contributed by atoms with Gasteiger partial charge in [-0.3, -0.25) is 0 Å². The molecule has 1 N–H and O–H groups in total. The third-order valence-corrected chi connectivity index (χ3v) is 4.16. The van der Waals surface area contributed by atoms with Crippen LogP contribution >= 0.6 is 27.5 Å². The number of hydrogen-bond acceptors (Lipinski definition) is 3. The van der Waals surface area contributed by atoms with Gasteiger partial charge in [0.2, 0.25) is 0 Å². The number of ether oxygens (including phenoxy) is 2. The molecule has 0 saturated heterocycles. The molecule has 2 rings (SSSR count). The minimum absolute atomic E-state index is 0.0204. The maximum Gasteiger partial charge on any atom is 0.125 e. The largest absolute Gasteiger partial charge is 0.377 e. The van der Waals surface area contributed by atoms with Crippen LogP contribution in [0.1, 0.15) is 13.3 Å². The lowest BCUT2D eigenvalue weighted by Gasteiger charge is -2.44. The molecular weight excluding hydrogens is 337 g/mol. The first-order valence-corrected chi connectivity index (χ1v) is 7.29. The Hall–Kier alpha value is -0.360. The molecule has 1 aromatic carbocycles. The molecule has 1 aromatic rings. The van der Waals surface area contributed by atoms with Gasteiger partial charge in [0.15, 0.2) is 0 Å². The van der Waals surface area contributed by atoms with E-state index in [1.807, 2.05) is 6.92 Å². The van der Waals surface area contributed by atoms with Gasteiger partial charge in [0.05, 0.1) is 22.9 Å². The molecule has 106 valence electrons. The lowest BCUT2D eigenvalue weighted by molar-refractivity contribution is -0.118. The van der Waals surface area contributed by atoms with Gasteiger partial charge in [0, 0.05) is 18.2 Å². The maximum absolute atomic E-state index is 13.2. The first-order chi connectivity index (χ1) is 9.06. The van der Waals surface area contributed by atoms with Crippen LogP contribution in [-0.4, -0.2) is 32.0 Å². The van der Waals surface area contributed by atoms with E-state index in [1.54, 1.807) is 7.11 Å². The van der Waals surface area contributed by atoms with Gasteiger partial charge in [-0.05, 0) is 41.4 Å². The Labute approximate surface area is 125 Å². The third-order valence-electron chi connectivity index (χ3n) is 3.24. The van der Waals surface area contributed by atoms with E-state index in [4.69, 9.17) is 21.1 Å². The van der Waals surface area contributed by atoms with Gasteiger partial charge in [0.1, 0.15) is 11.9 Å². The molecule has 0 bridgehead atoms. The SMILES string of the molecule is CCOC1CC(Nc2c(Cl)cc(F)cc2Br)C1OC. The van der Waals surface area contributed by atoms with E-state index in [-0.39, 0.29) is 24.1 Å². The van der Waals surface area contributed by atoms with Gasteiger partial charge >= 0.3 is 0 Å². The second kappa shape index (κ2) is 6.39. The zero-order valence-corrected chi connectivity index (χ0v) is 13.1. The molecule has 0 spiro atoms. The van der Waals surface area contributed by atoms with E-state index >= 15 is 0 Å². The molecule has 1 aliphatic rings. The molecule has 0 radical (unpaired) electrons. The summed E-state index contributed by atoms with van der Waals surface area (Å²) in [7, 11) is 1.66. The zero-order chi connectivity index (χ0) is 14.0. The summed E-state index contributed by atoms with van der Waals surface area (Å²) in [5.74, 6) is -0.369. The number of anilines is 1. The average molecular weight is 353 g/mol. The first kappa shape index (κ1) is 15.0. The Balaban J connectivity index is 2.07. The normalized spacial score (nSPS) is 26.1. The summed E-state index contributed by atoms with van der Waals surface area (Å²) in [5, 5.41) is 3.63. The van der Waals surface area contributed by atoms with Crippen molar-refractivity contribution in [2.75, 3.05) is 19.0 Å². The number of rotatable bonds is 5. The van der Waals surface area contributed by atoms with Gasteiger partial charge in [-0.2, -0.15) is 0 Å². The summed E-state index contributed by atoms with van der Waals surface area (Å²) in [5.41, 5.74) is 0.685. The second-order valence-corrected chi connectivity index (χ2v) is 5.69. The molecule has 6 heteroatoms. The highest BCUT2D eigenvalue weighted by atomic mass is 79.9. The molecule has 3 nitrogen and oxygen atoms in total. The summed E-state index contributed by atoms with van der Waals surface area (Å²) in [6.45, 7) is 2.62. The van der Waals surface area contributed by atoms with Crippen LogP contribution in [0.2, 0.25) is 5.02 Å². The Kier molecular flexibility index (Phi) is 5.06. The molecule has 1 fully saturated rings. The van der Waals surface area contributed by atoms with Crippen molar-refractivity contribution in [3.05, 3.63) is 27.4 Å². The number of halogens is 3. The molecule has 0 heterocycles. The van der Waals surface area contributed by atoms with Crippen LogP contribution in [0.4, 0.5) is 10.1 Å². The minimum atomic E-state index is -0.369. The molecule has 19 heavy (non-hydrogen) atoms. The van der Waals surface area contributed by atoms with Crippen molar-refractivity contribution in [2.45, 2.75) is 31.6 Å². The molecular formula is C13H16BrClFNO2. The molecule has 3 atom stereocenters. The Bertz CT molecular complexity index is 437. The van der Waals surface area contributed by atoms with Crippen LogP contribution < -0.4 is 5.32 Å². The smallest absolute Gasteiger partial charge is 0.125 e. The van der Waals surface area contributed by atoms with E-state index < -0.39 is 0 Å². The van der Waals surface area contributed by atoms with Crippen molar-refractivity contribution >= 4 is 33.2 Å². The quantitative estimate of drug-likeness (QED) is 0.873. The molecule has 0 aromatic heterocycles. The van der Waals surface area contributed by atoms with E-state index in [1.165, 1.54) is 12.1 Å². The second-order valence-electron chi connectivity index (χ2n) is 4.43. The van der Waals surface area contributed by atoms with Gasteiger partial charge in [-0.25, -0.2) is 4.39 Å².